The van der Waals surface area contributed by atoms with Crippen molar-refractivity contribution in [2.24, 2.45) is 0 Å². The quantitative estimate of drug-likeness (QED) is 0.803. The molecule has 0 aromatic heterocycles. The van der Waals surface area contributed by atoms with Gasteiger partial charge in [-0.05, 0) is 19.8 Å². The van der Waals surface area contributed by atoms with E-state index < -0.39 is 18.8 Å². The Labute approximate surface area is 99.1 Å². The molecule has 0 radical (unpaired) electrons. The third kappa shape index (κ3) is 5.91. The fourth-order valence-electron chi connectivity index (χ4n) is 1.93. The molecule has 1 amide bonds. The van der Waals surface area contributed by atoms with Gasteiger partial charge in [-0.2, -0.15) is 13.2 Å². The molecule has 2 N–H and O–H groups in total. The van der Waals surface area contributed by atoms with Crippen molar-refractivity contribution in [3.8, 4) is 0 Å². The molecule has 1 aliphatic carbocycles. The Hall–Kier alpha value is -0.780. The Kier molecular flexibility index (Phi) is 5.24. The molecular formula is C11H19F3N2O. The van der Waals surface area contributed by atoms with Gasteiger partial charge < -0.3 is 5.32 Å². The SMILES string of the molecule is CC(NCC(F)(F)F)C(=O)NC1CCCCC1. The summed E-state index contributed by atoms with van der Waals surface area (Å²) in [6.45, 7) is 0.316. The maximum absolute atomic E-state index is 11.9. The number of hydrogen-bond donors (Lipinski definition) is 2. The summed E-state index contributed by atoms with van der Waals surface area (Å²) in [7, 11) is 0. The monoisotopic (exact) mass is 252 g/mol. The van der Waals surface area contributed by atoms with Gasteiger partial charge in [0, 0.05) is 6.04 Å². The van der Waals surface area contributed by atoms with Crippen molar-refractivity contribution in [2.75, 3.05) is 6.54 Å². The zero-order valence-corrected chi connectivity index (χ0v) is 9.94. The lowest BCUT2D eigenvalue weighted by Gasteiger charge is -2.24. The fourth-order valence-corrected chi connectivity index (χ4v) is 1.93. The van der Waals surface area contributed by atoms with Crippen LogP contribution in [0.4, 0.5) is 13.2 Å². The first-order chi connectivity index (χ1) is 7.88. The summed E-state index contributed by atoms with van der Waals surface area (Å²) in [5.74, 6) is -0.346. The Morgan fingerprint density at radius 1 is 1.29 bits per heavy atom. The van der Waals surface area contributed by atoms with Crippen molar-refractivity contribution in [1.29, 1.82) is 0 Å². The molecule has 1 aliphatic rings. The number of carbonyl (C=O) groups is 1. The van der Waals surface area contributed by atoms with E-state index in [1.54, 1.807) is 0 Å². The van der Waals surface area contributed by atoms with E-state index in [1.165, 1.54) is 13.3 Å². The maximum atomic E-state index is 11.9. The molecule has 1 atom stereocenters. The van der Waals surface area contributed by atoms with Gasteiger partial charge in [0.1, 0.15) is 0 Å². The molecule has 0 aromatic carbocycles. The summed E-state index contributed by atoms with van der Waals surface area (Å²) in [6, 6.07) is -0.676. The number of nitrogens with one attached hydrogen (secondary N) is 2. The molecule has 0 aliphatic heterocycles. The predicted octanol–water partition coefficient (Wildman–Crippen LogP) is 1.98. The van der Waals surface area contributed by atoms with Crippen LogP contribution < -0.4 is 10.6 Å². The number of rotatable bonds is 4. The van der Waals surface area contributed by atoms with Gasteiger partial charge in [0.2, 0.25) is 5.91 Å². The van der Waals surface area contributed by atoms with Gasteiger partial charge >= 0.3 is 6.18 Å². The average molecular weight is 252 g/mol. The lowest BCUT2D eigenvalue weighted by molar-refractivity contribution is -0.132. The summed E-state index contributed by atoms with van der Waals surface area (Å²) in [5, 5.41) is 4.96. The summed E-state index contributed by atoms with van der Waals surface area (Å²) < 4.78 is 35.8. The minimum absolute atomic E-state index is 0.131. The number of alkyl halides is 3. The van der Waals surface area contributed by atoms with E-state index in [4.69, 9.17) is 0 Å². The molecule has 17 heavy (non-hydrogen) atoms. The van der Waals surface area contributed by atoms with E-state index in [0.717, 1.165) is 25.7 Å². The third-order valence-corrected chi connectivity index (χ3v) is 2.95. The molecule has 3 nitrogen and oxygen atoms in total. The summed E-state index contributed by atoms with van der Waals surface area (Å²) in [4.78, 5) is 11.6. The third-order valence-electron chi connectivity index (χ3n) is 2.95. The molecule has 6 heteroatoms. The van der Waals surface area contributed by atoms with Crippen LogP contribution in [0, 0.1) is 0 Å². The summed E-state index contributed by atoms with van der Waals surface area (Å²) >= 11 is 0. The van der Waals surface area contributed by atoms with E-state index in [0.29, 0.717) is 0 Å². The van der Waals surface area contributed by atoms with Crippen LogP contribution in [0.15, 0.2) is 0 Å². The second-order valence-electron chi connectivity index (χ2n) is 4.56. The molecule has 0 aromatic rings. The van der Waals surface area contributed by atoms with Gasteiger partial charge in [0.25, 0.3) is 0 Å². The van der Waals surface area contributed by atoms with Crippen LogP contribution in [0.1, 0.15) is 39.0 Å². The van der Waals surface area contributed by atoms with Crippen LogP contribution in [0.5, 0.6) is 0 Å². The van der Waals surface area contributed by atoms with Crippen LogP contribution in [0.2, 0.25) is 0 Å². The molecular weight excluding hydrogens is 233 g/mol. The highest BCUT2D eigenvalue weighted by Gasteiger charge is 2.29. The molecule has 100 valence electrons. The lowest BCUT2D eigenvalue weighted by atomic mass is 9.95. The molecule has 1 fully saturated rings. The number of halogens is 3. The lowest BCUT2D eigenvalue weighted by Crippen LogP contribution is -2.48. The Morgan fingerprint density at radius 2 is 1.88 bits per heavy atom. The summed E-state index contributed by atoms with van der Waals surface area (Å²) in [5.41, 5.74) is 0. The van der Waals surface area contributed by atoms with Gasteiger partial charge in [-0.1, -0.05) is 19.3 Å². The van der Waals surface area contributed by atoms with Gasteiger partial charge in [0.05, 0.1) is 12.6 Å². The predicted molar refractivity (Wildman–Crippen MR) is 58.5 cm³/mol. The molecule has 1 rings (SSSR count). The van der Waals surface area contributed by atoms with Crippen molar-refractivity contribution in [2.45, 2.75) is 57.3 Å². The molecule has 0 spiro atoms. The fraction of sp³-hybridized carbons (Fsp3) is 0.909. The minimum atomic E-state index is -4.28. The Morgan fingerprint density at radius 3 is 2.41 bits per heavy atom. The normalized spacial score (nSPS) is 20.0. The van der Waals surface area contributed by atoms with Crippen LogP contribution in [0.3, 0.4) is 0 Å². The molecule has 0 saturated heterocycles. The standard InChI is InChI=1S/C11H19F3N2O/c1-8(15-7-11(12,13)14)10(17)16-9-5-3-2-4-6-9/h8-9,15H,2-7H2,1H3,(H,16,17). The van der Waals surface area contributed by atoms with E-state index >= 15 is 0 Å². The van der Waals surface area contributed by atoms with Crippen molar-refractivity contribution in [3.63, 3.8) is 0 Å². The van der Waals surface area contributed by atoms with E-state index in [9.17, 15) is 18.0 Å². The molecule has 1 saturated carbocycles. The number of amides is 1. The summed E-state index contributed by atoms with van der Waals surface area (Å²) in [6.07, 6.45) is 0.910. The second kappa shape index (κ2) is 6.23. The minimum Gasteiger partial charge on any atom is -0.352 e. The van der Waals surface area contributed by atoms with Gasteiger partial charge in [-0.15, -0.1) is 0 Å². The zero-order valence-electron chi connectivity index (χ0n) is 9.94. The van der Waals surface area contributed by atoms with E-state index in [1.807, 2.05) is 0 Å². The van der Waals surface area contributed by atoms with Gasteiger partial charge in [-0.25, -0.2) is 0 Å². The maximum Gasteiger partial charge on any atom is 0.401 e. The first-order valence-electron chi connectivity index (χ1n) is 5.99. The van der Waals surface area contributed by atoms with Gasteiger partial charge in [-0.3, -0.25) is 10.1 Å². The smallest absolute Gasteiger partial charge is 0.352 e. The van der Waals surface area contributed by atoms with Crippen LogP contribution in [-0.4, -0.2) is 30.7 Å². The first kappa shape index (κ1) is 14.3. The van der Waals surface area contributed by atoms with Crippen molar-refractivity contribution < 1.29 is 18.0 Å². The van der Waals surface area contributed by atoms with Crippen molar-refractivity contribution >= 4 is 5.91 Å². The average Bonchev–Trinajstić information content (AvgIpc) is 2.26. The highest BCUT2D eigenvalue weighted by molar-refractivity contribution is 5.81. The number of carbonyl (C=O) groups excluding carboxylic acids is 1. The topological polar surface area (TPSA) is 41.1 Å². The van der Waals surface area contributed by atoms with Crippen molar-refractivity contribution in [3.05, 3.63) is 0 Å². The second-order valence-corrected chi connectivity index (χ2v) is 4.56. The molecule has 0 heterocycles. The number of hydrogen-bond acceptors (Lipinski definition) is 2. The Balaban J connectivity index is 2.26. The largest absolute Gasteiger partial charge is 0.401 e. The first-order valence-corrected chi connectivity index (χ1v) is 5.99. The van der Waals surface area contributed by atoms with Crippen LogP contribution in [-0.2, 0) is 4.79 Å². The Bertz CT molecular complexity index is 250. The van der Waals surface area contributed by atoms with Crippen molar-refractivity contribution in [1.82, 2.24) is 10.6 Å². The van der Waals surface area contributed by atoms with Gasteiger partial charge in [0.15, 0.2) is 0 Å². The van der Waals surface area contributed by atoms with E-state index in [2.05, 4.69) is 10.6 Å². The van der Waals surface area contributed by atoms with Crippen LogP contribution in [0.25, 0.3) is 0 Å². The zero-order chi connectivity index (χ0) is 12.9. The highest BCUT2D eigenvalue weighted by atomic mass is 19.4. The highest BCUT2D eigenvalue weighted by Crippen LogP contribution is 2.17. The molecule has 0 bridgehead atoms. The van der Waals surface area contributed by atoms with E-state index in [-0.39, 0.29) is 11.9 Å². The van der Waals surface area contributed by atoms with Crippen LogP contribution >= 0.6 is 0 Å². The molecule has 1 unspecified atom stereocenters.